The summed E-state index contributed by atoms with van der Waals surface area (Å²) >= 11 is 5.94. The number of carboxylic acid groups (broad SMARTS) is 1. The maximum atomic E-state index is 10.9. The van der Waals surface area contributed by atoms with Gasteiger partial charge in [0.15, 0.2) is 0 Å². The minimum atomic E-state index is -1.04. The summed E-state index contributed by atoms with van der Waals surface area (Å²) in [6.07, 6.45) is 0. The molecule has 0 aromatic heterocycles. The van der Waals surface area contributed by atoms with E-state index in [1.807, 2.05) is 0 Å². The predicted molar refractivity (Wildman–Crippen MR) is 80.1 cm³/mol. The predicted octanol–water partition coefficient (Wildman–Crippen LogP) is 3.21. The molecule has 3 N–H and O–H groups in total. The molecule has 5 nitrogen and oxygen atoms in total. The first kappa shape index (κ1) is 15.0. The van der Waals surface area contributed by atoms with E-state index in [0.29, 0.717) is 22.2 Å². The average molecular weight is 308 g/mol. The van der Waals surface area contributed by atoms with Crippen molar-refractivity contribution in [3.05, 3.63) is 52.5 Å². The van der Waals surface area contributed by atoms with Crippen molar-refractivity contribution in [2.45, 2.75) is 6.61 Å². The number of rotatable bonds is 5. The Morgan fingerprint density at radius 1 is 1.24 bits per heavy atom. The van der Waals surface area contributed by atoms with Crippen LogP contribution >= 0.6 is 11.6 Å². The third-order valence-corrected chi connectivity index (χ3v) is 3.12. The van der Waals surface area contributed by atoms with Gasteiger partial charge in [0.05, 0.1) is 18.4 Å². The molecular formula is C15H14ClNO4. The molecule has 2 aromatic carbocycles. The van der Waals surface area contributed by atoms with Gasteiger partial charge in [0.1, 0.15) is 18.1 Å². The minimum Gasteiger partial charge on any atom is -0.496 e. The van der Waals surface area contributed by atoms with Crippen LogP contribution in [0.15, 0.2) is 36.4 Å². The van der Waals surface area contributed by atoms with Crippen molar-refractivity contribution in [2.24, 2.45) is 0 Å². The van der Waals surface area contributed by atoms with E-state index in [1.54, 1.807) is 25.3 Å². The topological polar surface area (TPSA) is 81.8 Å². The largest absolute Gasteiger partial charge is 0.496 e. The van der Waals surface area contributed by atoms with Crippen LogP contribution in [0.25, 0.3) is 0 Å². The highest BCUT2D eigenvalue weighted by atomic mass is 35.5. The minimum absolute atomic E-state index is 0.109. The molecule has 0 atom stereocenters. The summed E-state index contributed by atoms with van der Waals surface area (Å²) in [6, 6.07) is 9.46. The van der Waals surface area contributed by atoms with Gasteiger partial charge >= 0.3 is 5.97 Å². The number of ether oxygens (including phenoxy) is 2. The molecule has 0 bridgehead atoms. The lowest BCUT2D eigenvalue weighted by Crippen LogP contribution is -2.03. The lowest BCUT2D eigenvalue weighted by molar-refractivity contribution is 0.0696. The number of benzene rings is 2. The Bertz CT molecular complexity index is 673. The highest BCUT2D eigenvalue weighted by Gasteiger charge is 2.10. The monoisotopic (exact) mass is 307 g/mol. The maximum absolute atomic E-state index is 10.9. The van der Waals surface area contributed by atoms with Crippen molar-refractivity contribution in [1.29, 1.82) is 0 Å². The van der Waals surface area contributed by atoms with Gasteiger partial charge in [-0.2, -0.15) is 0 Å². The second kappa shape index (κ2) is 6.37. The fourth-order valence-corrected chi connectivity index (χ4v) is 2.00. The summed E-state index contributed by atoms with van der Waals surface area (Å²) in [5, 5.41) is 9.53. The molecular weight excluding hydrogens is 294 g/mol. The molecule has 110 valence electrons. The molecule has 2 aromatic rings. The van der Waals surface area contributed by atoms with Crippen LogP contribution in [0, 0.1) is 0 Å². The molecule has 0 aliphatic heterocycles. The Hall–Kier alpha value is -2.40. The Balaban J connectivity index is 2.22. The fraction of sp³-hybridized carbons (Fsp3) is 0.133. The van der Waals surface area contributed by atoms with Crippen LogP contribution in [-0.4, -0.2) is 18.2 Å². The SMILES string of the molecule is COc1ccc(Cl)cc1COc1cc(C(=O)O)ccc1N. The third-order valence-electron chi connectivity index (χ3n) is 2.89. The highest BCUT2D eigenvalue weighted by Crippen LogP contribution is 2.27. The van der Waals surface area contributed by atoms with Gasteiger partial charge in [-0.25, -0.2) is 4.79 Å². The van der Waals surface area contributed by atoms with Crippen molar-refractivity contribution in [1.82, 2.24) is 0 Å². The summed E-state index contributed by atoms with van der Waals surface area (Å²) < 4.78 is 10.8. The van der Waals surface area contributed by atoms with Gasteiger partial charge in [0.25, 0.3) is 0 Å². The summed E-state index contributed by atoms with van der Waals surface area (Å²) in [6.45, 7) is 0.164. The zero-order valence-corrected chi connectivity index (χ0v) is 12.1. The van der Waals surface area contributed by atoms with E-state index in [1.165, 1.54) is 18.2 Å². The number of nitrogen functional groups attached to an aromatic ring is 1. The number of carbonyl (C=O) groups is 1. The molecule has 0 heterocycles. The molecule has 2 rings (SSSR count). The van der Waals surface area contributed by atoms with Crippen LogP contribution in [0.4, 0.5) is 5.69 Å². The van der Waals surface area contributed by atoms with E-state index in [-0.39, 0.29) is 12.2 Å². The van der Waals surface area contributed by atoms with Gasteiger partial charge in [0, 0.05) is 10.6 Å². The van der Waals surface area contributed by atoms with E-state index in [2.05, 4.69) is 0 Å². The molecule has 0 amide bonds. The van der Waals surface area contributed by atoms with Crippen LogP contribution in [0.5, 0.6) is 11.5 Å². The van der Waals surface area contributed by atoms with Crippen LogP contribution in [0.3, 0.4) is 0 Å². The lowest BCUT2D eigenvalue weighted by atomic mass is 10.2. The molecule has 0 saturated carbocycles. The standard InChI is InChI=1S/C15H14ClNO4/c1-20-13-5-3-11(16)6-10(13)8-21-14-7-9(15(18)19)2-4-12(14)17/h2-7H,8,17H2,1H3,(H,18,19). The Kier molecular flexibility index (Phi) is 4.55. The first-order chi connectivity index (χ1) is 10.0. The number of aromatic carboxylic acids is 1. The zero-order chi connectivity index (χ0) is 15.4. The maximum Gasteiger partial charge on any atom is 0.335 e. The summed E-state index contributed by atoms with van der Waals surface area (Å²) in [4.78, 5) is 10.9. The number of methoxy groups -OCH3 is 1. The second-order valence-corrected chi connectivity index (χ2v) is 4.74. The van der Waals surface area contributed by atoms with Crippen LogP contribution in [-0.2, 0) is 6.61 Å². The molecule has 21 heavy (non-hydrogen) atoms. The van der Waals surface area contributed by atoms with Gasteiger partial charge in [0.2, 0.25) is 0 Å². The second-order valence-electron chi connectivity index (χ2n) is 4.30. The number of nitrogens with two attached hydrogens (primary N) is 1. The van der Waals surface area contributed by atoms with E-state index in [9.17, 15) is 4.79 Å². The third kappa shape index (κ3) is 3.58. The molecule has 0 fully saturated rings. The first-order valence-corrected chi connectivity index (χ1v) is 6.47. The highest BCUT2D eigenvalue weighted by molar-refractivity contribution is 6.30. The van der Waals surface area contributed by atoms with Crippen molar-refractivity contribution >= 4 is 23.3 Å². The summed E-state index contributed by atoms with van der Waals surface area (Å²) in [7, 11) is 1.55. The quantitative estimate of drug-likeness (QED) is 0.829. The first-order valence-electron chi connectivity index (χ1n) is 6.09. The van der Waals surface area contributed by atoms with Gasteiger partial charge in [-0.05, 0) is 36.4 Å². The Morgan fingerprint density at radius 3 is 2.67 bits per heavy atom. The average Bonchev–Trinajstić information content (AvgIpc) is 2.46. The lowest BCUT2D eigenvalue weighted by Gasteiger charge is -2.12. The number of hydrogen-bond donors (Lipinski definition) is 2. The number of hydrogen-bond acceptors (Lipinski definition) is 4. The molecule has 0 radical (unpaired) electrons. The zero-order valence-electron chi connectivity index (χ0n) is 11.3. The van der Waals surface area contributed by atoms with Crippen molar-refractivity contribution in [3.8, 4) is 11.5 Å². The Morgan fingerprint density at radius 2 is 2.00 bits per heavy atom. The fourth-order valence-electron chi connectivity index (χ4n) is 1.81. The van der Waals surface area contributed by atoms with Crippen LogP contribution in [0.2, 0.25) is 5.02 Å². The van der Waals surface area contributed by atoms with E-state index < -0.39 is 5.97 Å². The normalized spacial score (nSPS) is 10.2. The van der Waals surface area contributed by atoms with Crippen molar-refractivity contribution in [3.63, 3.8) is 0 Å². The van der Waals surface area contributed by atoms with Crippen LogP contribution < -0.4 is 15.2 Å². The summed E-state index contributed by atoms with van der Waals surface area (Å²) in [5.41, 5.74) is 6.99. The van der Waals surface area contributed by atoms with Crippen LogP contribution in [0.1, 0.15) is 15.9 Å². The van der Waals surface area contributed by atoms with Crippen molar-refractivity contribution in [2.75, 3.05) is 12.8 Å². The van der Waals surface area contributed by atoms with Gasteiger partial charge in [-0.3, -0.25) is 0 Å². The molecule has 0 spiro atoms. The van der Waals surface area contributed by atoms with Gasteiger partial charge < -0.3 is 20.3 Å². The van der Waals surface area contributed by atoms with Gasteiger partial charge in [-0.1, -0.05) is 11.6 Å². The molecule has 0 saturated heterocycles. The molecule has 0 unspecified atom stereocenters. The van der Waals surface area contributed by atoms with Gasteiger partial charge in [-0.15, -0.1) is 0 Å². The summed E-state index contributed by atoms with van der Waals surface area (Å²) in [5.74, 6) is -0.107. The van der Waals surface area contributed by atoms with E-state index >= 15 is 0 Å². The number of carboxylic acids is 1. The molecule has 0 aliphatic carbocycles. The molecule has 6 heteroatoms. The van der Waals surface area contributed by atoms with Crippen molar-refractivity contribution < 1.29 is 19.4 Å². The van der Waals surface area contributed by atoms with E-state index in [4.69, 9.17) is 31.9 Å². The number of halogens is 1. The number of anilines is 1. The molecule has 0 aliphatic rings. The Labute approximate surface area is 126 Å². The van der Waals surface area contributed by atoms with E-state index in [0.717, 1.165) is 5.56 Å². The smallest absolute Gasteiger partial charge is 0.335 e.